The lowest BCUT2D eigenvalue weighted by atomic mass is 10.2. The lowest BCUT2D eigenvalue weighted by Gasteiger charge is -2.20. The van der Waals surface area contributed by atoms with Gasteiger partial charge in [-0.3, -0.25) is 9.59 Å². The number of rotatable bonds is 6. The first-order valence-electron chi connectivity index (χ1n) is 6.57. The zero-order valence-corrected chi connectivity index (χ0v) is 13.4. The highest BCUT2D eigenvalue weighted by molar-refractivity contribution is 7.89. The molecule has 21 heavy (non-hydrogen) atoms. The van der Waals surface area contributed by atoms with Crippen molar-refractivity contribution < 1.29 is 18.0 Å². The van der Waals surface area contributed by atoms with E-state index in [1.54, 1.807) is 14.0 Å². The minimum Gasteiger partial charge on any atom is -0.345 e. The summed E-state index contributed by atoms with van der Waals surface area (Å²) < 4.78 is 26.7. The summed E-state index contributed by atoms with van der Waals surface area (Å²) in [5.74, 6) is -0.443. The second-order valence-corrected chi connectivity index (χ2v) is 6.49. The lowest BCUT2D eigenvalue weighted by Crippen LogP contribution is -2.45. The molecule has 1 unspecified atom stereocenters. The fraction of sp³-hybridized carbons (Fsp3) is 0.429. The molecule has 0 aliphatic carbocycles. The fourth-order valence-corrected chi connectivity index (χ4v) is 2.90. The van der Waals surface area contributed by atoms with Crippen molar-refractivity contribution in [3.05, 3.63) is 29.8 Å². The van der Waals surface area contributed by atoms with Crippen LogP contribution in [0.2, 0.25) is 0 Å². The molecule has 0 heterocycles. The van der Waals surface area contributed by atoms with Crippen LogP contribution >= 0.6 is 0 Å². The molecule has 116 valence electrons. The fourth-order valence-electron chi connectivity index (χ4n) is 1.71. The number of carbonyl (C=O) groups is 2. The first-order valence-corrected chi connectivity index (χ1v) is 8.05. The van der Waals surface area contributed by atoms with Gasteiger partial charge in [-0.15, -0.1) is 0 Å². The molecule has 6 nitrogen and oxygen atoms in total. The van der Waals surface area contributed by atoms with E-state index >= 15 is 0 Å². The van der Waals surface area contributed by atoms with E-state index in [2.05, 4.69) is 4.72 Å². The van der Waals surface area contributed by atoms with Crippen molar-refractivity contribution in [3.8, 4) is 0 Å². The SMILES string of the molecule is CCN(C)C(=O)C(C)NS(=O)(=O)c1ccc(C(C)=O)cc1. The molecule has 1 aromatic rings. The molecular formula is C14H20N2O4S. The van der Waals surface area contributed by atoms with E-state index in [0.29, 0.717) is 12.1 Å². The van der Waals surface area contributed by atoms with Crippen LogP contribution in [0.25, 0.3) is 0 Å². The smallest absolute Gasteiger partial charge is 0.241 e. The van der Waals surface area contributed by atoms with E-state index in [9.17, 15) is 18.0 Å². The molecular weight excluding hydrogens is 292 g/mol. The topological polar surface area (TPSA) is 83.6 Å². The molecule has 0 bridgehead atoms. The normalized spacial score (nSPS) is 12.8. The Kier molecular flexibility index (Phi) is 5.62. The summed E-state index contributed by atoms with van der Waals surface area (Å²) in [6.07, 6.45) is 0. The Balaban J connectivity index is 2.91. The summed E-state index contributed by atoms with van der Waals surface area (Å²) in [4.78, 5) is 24.5. The molecule has 0 aliphatic rings. The zero-order chi connectivity index (χ0) is 16.2. The molecule has 7 heteroatoms. The highest BCUT2D eigenvalue weighted by atomic mass is 32.2. The minimum atomic E-state index is -3.80. The van der Waals surface area contributed by atoms with Gasteiger partial charge < -0.3 is 4.90 Å². The number of amides is 1. The van der Waals surface area contributed by atoms with E-state index in [4.69, 9.17) is 0 Å². The first-order chi connectivity index (χ1) is 9.69. The van der Waals surface area contributed by atoms with E-state index in [1.807, 2.05) is 0 Å². The molecule has 1 N–H and O–H groups in total. The number of carbonyl (C=O) groups excluding carboxylic acids is 2. The Morgan fingerprint density at radius 1 is 1.24 bits per heavy atom. The Hall–Kier alpha value is -1.73. The number of nitrogens with one attached hydrogen (secondary N) is 1. The van der Waals surface area contributed by atoms with Gasteiger partial charge in [0.2, 0.25) is 15.9 Å². The van der Waals surface area contributed by atoms with Crippen LogP contribution in [0.15, 0.2) is 29.2 Å². The van der Waals surface area contributed by atoms with Gasteiger partial charge in [0.25, 0.3) is 0 Å². The molecule has 0 fully saturated rings. The van der Waals surface area contributed by atoms with E-state index in [-0.39, 0.29) is 16.6 Å². The number of hydrogen-bond donors (Lipinski definition) is 1. The molecule has 1 amide bonds. The van der Waals surface area contributed by atoms with Gasteiger partial charge >= 0.3 is 0 Å². The van der Waals surface area contributed by atoms with Gasteiger partial charge in [-0.1, -0.05) is 12.1 Å². The maximum atomic E-state index is 12.2. The van der Waals surface area contributed by atoms with Crippen molar-refractivity contribution in [1.82, 2.24) is 9.62 Å². The van der Waals surface area contributed by atoms with Gasteiger partial charge in [0.05, 0.1) is 10.9 Å². The van der Waals surface area contributed by atoms with Gasteiger partial charge in [-0.25, -0.2) is 8.42 Å². The van der Waals surface area contributed by atoms with Crippen LogP contribution in [0.3, 0.4) is 0 Å². The summed E-state index contributed by atoms with van der Waals surface area (Å²) in [5, 5.41) is 0. The number of likely N-dealkylation sites (N-methyl/N-ethyl adjacent to an activating group) is 1. The first kappa shape index (κ1) is 17.3. The average molecular weight is 312 g/mol. The summed E-state index contributed by atoms with van der Waals surface area (Å²) >= 11 is 0. The number of benzene rings is 1. The molecule has 0 saturated heterocycles. The lowest BCUT2D eigenvalue weighted by molar-refractivity contribution is -0.131. The van der Waals surface area contributed by atoms with Crippen molar-refractivity contribution in [2.24, 2.45) is 0 Å². The van der Waals surface area contributed by atoms with Crippen LogP contribution in [0.5, 0.6) is 0 Å². The third kappa shape index (κ3) is 4.37. The second-order valence-electron chi connectivity index (χ2n) is 4.78. The van der Waals surface area contributed by atoms with Crippen LogP contribution in [0.4, 0.5) is 0 Å². The number of nitrogens with zero attached hydrogens (tertiary/aromatic N) is 1. The summed E-state index contributed by atoms with van der Waals surface area (Å²) in [6, 6.07) is 4.73. The summed E-state index contributed by atoms with van der Waals surface area (Å²) in [5.41, 5.74) is 0.434. The number of ketones is 1. The van der Waals surface area contributed by atoms with Gasteiger partial charge in [0.1, 0.15) is 0 Å². The third-order valence-electron chi connectivity index (χ3n) is 3.12. The van der Waals surface area contributed by atoms with E-state index in [0.717, 1.165) is 0 Å². The predicted molar refractivity (Wildman–Crippen MR) is 79.5 cm³/mol. The molecule has 0 aliphatic heterocycles. The quantitative estimate of drug-likeness (QED) is 0.795. The Bertz CT molecular complexity index is 623. The van der Waals surface area contributed by atoms with Crippen molar-refractivity contribution >= 4 is 21.7 Å². The second kappa shape index (κ2) is 6.82. The number of Topliss-reactive ketones (excluding diaryl/α,β-unsaturated/α-hetero) is 1. The largest absolute Gasteiger partial charge is 0.345 e. The molecule has 1 rings (SSSR count). The maximum Gasteiger partial charge on any atom is 0.241 e. The Labute approximate surface area is 125 Å². The number of hydrogen-bond acceptors (Lipinski definition) is 4. The van der Waals surface area contributed by atoms with Gasteiger partial charge in [-0.05, 0) is 32.9 Å². The zero-order valence-electron chi connectivity index (χ0n) is 12.6. The summed E-state index contributed by atoms with van der Waals surface area (Å²) in [6.45, 7) is 5.21. The average Bonchev–Trinajstić information content (AvgIpc) is 2.45. The predicted octanol–water partition coefficient (Wildman–Crippen LogP) is 1.03. The highest BCUT2D eigenvalue weighted by Gasteiger charge is 2.23. The van der Waals surface area contributed by atoms with Crippen molar-refractivity contribution in [1.29, 1.82) is 0 Å². The van der Waals surface area contributed by atoms with Gasteiger partial charge in [-0.2, -0.15) is 4.72 Å². The standard InChI is InChI=1S/C14H20N2O4S/c1-5-16(4)14(18)10(2)15-21(19,20)13-8-6-12(7-9-13)11(3)17/h6-10,15H,5H2,1-4H3. The maximum absolute atomic E-state index is 12.2. The third-order valence-corrected chi connectivity index (χ3v) is 4.68. The Morgan fingerprint density at radius 3 is 2.19 bits per heavy atom. The molecule has 0 spiro atoms. The highest BCUT2D eigenvalue weighted by Crippen LogP contribution is 2.12. The van der Waals surface area contributed by atoms with Crippen LogP contribution < -0.4 is 4.72 Å². The van der Waals surface area contributed by atoms with Crippen LogP contribution in [0.1, 0.15) is 31.1 Å². The van der Waals surface area contributed by atoms with Crippen molar-refractivity contribution in [2.45, 2.75) is 31.7 Å². The van der Waals surface area contributed by atoms with Crippen molar-refractivity contribution in [3.63, 3.8) is 0 Å². The molecule has 0 saturated carbocycles. The molecule has 0 aromatic heterocycles. The van der Waals surface area contributed by atoms with Crippen LogP contribution in [0, 0.1) is 0 Å². The van der Waals surface area contributed by atoms with E-state index in [1.165, 1.54) is 43.0 Å². The monoisotopic (exact) mass is 312 g/mol. The minimum absolute atomic E-state index is 0.0197. The van der Waals surface area contributed by atoms with E-state index < -0.39 is 16.1 Å². The molecule has 1 atom stereocenters. The number of sulfonamides is 1. The van der Waals surface area contributed by atoms with Gasteiger partial charge in [0, 0.05) is 19.2 Å². The van der Waals surface area contributed by atoms with Crippen LogP contribution in [-0.2, 0) is 14.8 Å². The molecule has 1 aromatic carbocycles. The van der Waals surface area contributed by atoms with Crippen molar-refractivity contribution in [2.75, 3.05) is 13.6 Å². The summed E-state index contributed by atoms with van der Waals surface area (Å²) in [7, 11) is -2.19. The molecule has 0 radical (unpaired) electrons. The van der Waals surface area contributed by atoms with Crippen LogP contribution in [-0.4, -0.2) is 44.6 Å². The Morgan fingerprint density at radius 2 is 1.76 bits per heavy atom. The van der Waals surface area contributed by atoms with Gasteiger partial charge in [0.15, 0.2) is 5.78 Å².